The summed E-state index contributed by atoms with van der Waals surface area (Å²) in [5.41, 5.74) is 1.39. The number of rotatable bonds is 4. The van der Waals surface area contributed by atoms with E-state index < -0.39 is 16.0 Å². The second-order valence-corrected chi connectivity index (χ2v) is 5.35. The third-order valence-corrected chi connectivity index (χ3v) is 2.78. The molecule has 1 N–H and O–H groups in total. The SMILES string of the molecule is CCc1ccc(NS(C)(=O)=O)c(C(=O)OC)c1. The molecule has 0 bridgehead atoms. The highest BCUT2D eigenvalue weighted by molar-refractivity contribution is 7.92. The predicted octanol–water partition coefficient (Wildman–Crippen LogP) is 1.41. The molecule has 0 aliphatic heterocycles. The molecular formula is C11H15NO4S. The van der Waals surface area contributed by atoms with Gasteiger partial charge in [0.2, 0.25) is 10.0 Å². The highest BCUT2D eigenvalue weighted by atomic mass is 32.2. The fourth-order valence-electron chi connectivity index (χ4n) is 1.38. The number of benzene rings is 1. The molecule has 17 heavy (non-hydrogen) atoms. The number of carbonyl (C=O) groups is 1. The zero-order valence-corrected chi connectivity index (χ0v) is 10.8. The smallest absolute Gasteiger partial charge is 0.340 e. The highest BCUT2D eigenvalue weighted by Crippen LogP contribution is 2.20. The number of nitrogens with one attached hydrogen (secondary N) is 1. The van der Waals surface area contributed by atoms with E-state index in [1.54, 1.807) is 18.2 Å². The van der Waals surface area contributed by atoms with Gasteiger partial charge in [0.05, 0.1) is 24.6 Å². The van der Waals surface area contributed by atoms with Gasteiger partial charge < -0.3 is 4.74 Å². The summed E-state index contributed by atoms with van der Waals surface area (Å²) in [4.78, 5) is 11.5. The van der Waals surface area contributed by atoms with Gasteiger partial charge in [0.1, 0.15) is 0 Å². The molecule has 6 heteroatoms. The van der Waals surface area contributed by atoms with Gasteiger partial charge in [-0.1, -0.05) is 13.0 Å². The standard InChI is InChI=1S/C11H15NO4S/c1-4-8-5-6-10(12-17(3,14)15)9(7-8)11(13)16-2/h5-7,12H,4H2,1-3H3. The molecule has 0 radical (unpaired) electrons. The maximum Gasteiger partial charge on any atom is 0.340 e. The van der Waals surface area contributed by atoms with Crippen molar-refractivity contribution in [2.45, 2.75) is 13.3 Å². The van der Waals surface area contributed by atoms with Crippen molar-refractivity contribution in [3.05, 3.63) is 29.3 Å². The van der Waals surface area contributed by atoms with Gasteiger partial charge in [-0.2, -0.15) is 0 Å². The van der Waals surface area contributed by atoms with Gasteiger partial charge in [-0.3, -0.25) is 4.72 Å². The van der Waals surface area contributed by atoms with Gasteiger partial charge in [-0.05, 0) is 24.1 Å². The van der Waals surface area contributed by atoms with E-state index in [2.05, 4.69) is 9.46 Å². The summed E-state index contributed by atoms with van der Waals surface area (Å²) in [5.74, 6) is -0.563. The Hall–Kier alpha value is -1.56. The van der Waals surface area contributed by atoms with E-state index in [1.807, 2.05) is 6.92 Å². The molecule has 0 aliphatic carbocycles. The van der Waals surface area contributed by atoms with Crippen LogP contribution in [0.5, 0.6) is 0 Å². The molecule has 1 rings (SSSR count). The number of aryl methyl sites for hydroxylation is 1. The quantitative estimate of drug-likeness (QED) is 0.828. The molecule has 0 unspecified atom stereocenters. The molecule has 94 valence electrons. The van der Waals surface area contributed by atoms with E-state index in [0.29, 0.717) is 0 Å². The van der Waals surface area contributed by atoms with Crippen molar-refractivity contribution in [2.24, 2.45) is 0 Å². The molecule has 1 aromatic carbocycles. The van der Waals surface area contributed by atoms with Crippen molar-refractivity contribution in [1.82, 2.24) is 0 Å². The lowest BCUT2D eigenvalue weighted by molar-refractivity contribution is 0.0602. The molecule has 0 aromatic heterocycles. The number of methoxy groups -OCH3 is 1. The first-order valence-corrected chi connectivity index (χ1v) is 6.95. The Labute approximate surface area is 101 Å². The molecule has 0 spiro atoms. The van der Waals surface area contributed by atoms with Gasteiger partial charge in [0.25, 0.3) is 0 Å². The Morgan fingerprint density at radius 1 is 1.41 bits per heavy atom. The number of anilines is 1. The topological polar surface area (TPSA) is 72.5 Å². The van der Waals surface area contributed by atoms with Crippen LogP contribution < -0.4 is 4.72 Å². The average Bonchev–Trinajstić information content (AvgIpc) is 2.26. The molecule has 5 nitrogen and oxygen atoms in total. The van der Waals surface area contributed by atoms with E-state index in [0.717, 1.165) is 18.2 Å². The van der Waals surface area contributed by atoms with Gasteiger partial charge in [0.15, 0.2) is 0 Å². The molecule has 0 amide bonds. The normalized spacial score (nSPS) is 11.0. The van der Waals surface area contributed by atoms with Crippen LogP contribution in [0.4, 0.5) is 5.69 Å². The number of hydrogen-bond donors (Lipinski definition) is 1. The van der Waals surface area contributed by atoms with Crippen LogP contribution in [-0.4, -0.2) is 27.8 Å². The summed E-state index contributed by atoms with van der Waals surface area (Å²) in [6, 6.07) is 4.95. The molecule has 0 heterocycles. The van der Waals surface area contributed by atoms with Crippen LogP contribution in [0, 0.1) is 0 Å². The van der Waals surface area contributed by atoms with Crippen molar-refractivity contribution < 1.29 is 17.9 Å². The van der Waals surface area contributed by atoms with Crippen LogP contribution in [0.3, 0.4) is 0 Å². The molecule has 0 fully saturated rings. The first-order valence-electron chi connectivity index (χ1n) is 5.06. The second-order valence-electron chi connectivity index (χ2n) is 3.60. The molecule has 0 atom stereocenters. The fourth-order valence-corrected chi connectivity index (χ4v) is 1.96. The minimum Gasteiger partial charge on any atom is -0.465 e. The van der Waals surface area contributed by atoms with Crippen LogP contribution in [0.25, 0.3) is 0 Å². The van der Waals surface area contributed by atoms with Gasteiger partial charge in [0, 0.05) is 0 Å². The number of hydrogen-bond acceptors (Lipinski definition) is 4. The zero-order chi connectivity index (χ0) is 13.1. The average molecular weight is 257 g/mol. The molecule has 1 aromatic rings. The van der Waals surface area contributed by atoms with E-state index >= 15 is 0 Å². The summed E-state index contributed by atoms with van der Waals surface area (Å²) < 4.78 is 29.2. The Morgan fingerprint density at radius 3 is 2.53 bits per heavy atom. The van der Waals surface area contributed by atoms with E-state index in [9.17, 15) is 13.2 Å². The maximum atomic E-state index is 11.5. The minimum atomic E-state index is -3.42. The van der Waals surface area contributed by atoms with Crippen LogP contribution in [0.1, 0.15) is 22.8 Å². The lowest BCUT2D eigenvalue weighted by Crippen LogP contribution is -2.14. The lowest BCUT2D eigenvalue weighted by Gasteiger charge is -2.10. The fraction of sp³-hybridized carbons (Fsp3) is 0.364. The Kier molecular flexibility index (Phi) is 4.11. The van der Waals surface area contributed by atoms with Crippen molar-refractivity contribution >= 4 is 21.7 Å². The van der Waals surface area contributed by atoms with Crippen LogP contribution in [0.15, 0.2) is 18.2 Å². The summed E-state index contributed by atoms with van der Waals surface area (Å²) in [6.07, 6.45) is 1.78. The highest BCUT2D eigenvalue weighted by Gasteiger charge is 2.14. The molecule has 0 saturated heterocycles. The Bertz CT molecular complexity index is 522. The predicted molar refractivity (Wildman–Crippen MR) is 65.6 cm³/mol. The summed E-state index contributed by atoms with van der Waals surface area (Å²) in [6.45, 7) is 1.94. The van der Waals surface area contributed by atoms with E-state index in [1.165, 1.54) is 7.11 Å². The maximum absolute atomic E-state index is 11.5. The lowest BCUT2D eigenvalue weighted by atomic mass is 10.1. The van der Waals surface area contributed by atoms with Crippen LogP contribution in [0.2, 0.25) is 0 Å². The number of sulfonamides is 1. The summed E-state index contributed by atoms with van der Waals surface area (Å²) >= 11 is 0. The summed E-state index contributed by atoms with van der Waals surface area (Å²) in [7, 11) is -2.16. The van der Waals surface area contributed by atoms with E-state index in [-0.39, 0.29) is 11.3 Å². The molecular weight excluding hydrogens is 242 g/mol. The number of esters is 1. The third kappa shape index (κ3) is 3.74. The van der Waals surface area contributed by atoms with Crippen molar-refractivity contribution in [2.75, 3.05) is 18.1 Å². The Balaban J connectivity index is 3.24. The van der Waals surface area contributed by atoms with Crippen molar-refractivity contribution in [3.63, 3.8) is 0 Å². The third-order valence-electron chi connectivity index (χ3n) is 2.19. The largest absolute Gasteiger partial charge is 0.465 e. The summed E-state index contributed by atoms with van der Waals surface area (Å²) in [5, 5.41) is 0. The first kappa shape index (κ1) is 13.5. The minimum absolute atomic E-state index is 0.220. The van der Waals surface area contributed by atoms with Crippen LogP contribution in [-0.2, 0) is 21.2 Å². The van der Waals surface area contributed by atoms with Gasteiger partial charge >= 0.3 is 5.97 Å². The van der Waals surface area contributed by atoms with Gasteiger partial charge in [-0.15, -0.1) is 0 Å². The van der Waals surface area contributed by atoms with Crippen molar-refractivity contribution in [3.8, 4) is 0 Å². The Morgan fingerprint density at radius 2 is 2.06 bits per heavy atom. The zero-order valence-electron chi connectivity index (χ0n) is 9.98. The number of ether oxygens (including phenoxy) is 1. The van der Waals surface area contributed by atoms with Crippen LogP contribution >= 0.6 is 0 Å². The van der Waals surface area contributed by atoms with Crippen molar-refractivity contribution in [1.29, 1.82) is 0 Å². The first-order chi connectivity index (χ1) is 7.87. The van der Waals surface area contributed by atoms with Gasteiger partial charge in [-0.25, -0.2) is 13.2 Å². The van der Waals surface area contributed by atoms with E-state index in [4.69, 9.17) is 0 Å². The molecule has 0 saturated carbocycles. The monoisotopic (exact) mass is 257 g/mol. The second kappa shape index (κ2) is 5.18. The molecule has 0 aliphatic rings. The number of carbonyl (C=O) groups excluding carboxylic acids is 1.